The fourth-order valence-corrected chi connectivity index (χ4v) is 5.77. The van der Waals surface area contributed by atoms with E-state index in [1.807, 2.05) is 36.4 Å². The molecule has 0 saturated carbocycles. The molecule has 8 aromatic carbocycles. The highest BCUT2D eigenvalue weighted by Gasteiger charge is 2.18. The van der Waals surface area contributed by atoms with Crippen LogP contribution >= 0.6 is 0 Å². The Bertz CT molecular complexity index is 3230. The van der Waals surface area contributed by atoms with Crippen LogP contribution in [0.15, 0.2) is 150 Å². The van der Waals surface area contributed by atoms with E-state index in [2.05, 4.69) is 0 Å². The molecule has 0 N–H and O–H groups in total. The van der Waals surface area contributed by atoms with E-state index in [0.717, 1.165) is 21.5 Å². The number of benzene rings is 8. The Kier molecular flexibility index (Phi) is 2.59. The zero-order valence-corrected chi connectivity index (χ0v) is 21.1. The SMILES string of the molecule is [2H]c1c([2H])c([2H])c2c([2H])c(-c3c4c([2H])c([2H])c([2H])c([2H])c4c(-c4ccc5c(c4)oc4ccc6ccccc6c45)c4c([2H])c([2H])c([2H])c([2H])c34)c([2H])c([2H])c2c1[2H]. The molecule has 0 bridgehead atoms. The summed E-state index contributed by atoms with van der Waals surface area (Å²) in [7, 11) is 0. The average molecular weight is 536 g/mol. The first-order valence-electron chi connectivity index (χ1n) is 20.4. The van der Waals surface area contributed by atoms with E-state index in [0.29, 0.717) is 11.2 Å². The second kappa shape index (κ2) is 8.55. The summed E-state index contributed by atoms with van der Waals surface area (Å²) >= 11 is 0. The first-order valence-corrected chi connectivity index (χ1v) is 12.9. The Hall–Kier alpha value is -5.40. The van der Waals surface area contributed by atoms with Crippen molar-refractivity contribution in [2.24, 2.45) is 0 Å². The lowest BCUT2D eigenvalue weighted by atomic mass is 9.85. The lowest BCUT2D eigenvalue weighted by Crippen LogP contribution is -1.91. The van der Waals surface area contributed by atoms with Crippen LogP contribution in [0.2, 0.25) is 0 Å². The lowest BCUT2D eigenvalue weighted by Gasteiger charge is -2.18. The van der Waals surface area contributed by atoms with Gasteiger partial charge in [-0.05, 0) is 89.6 Å². The summed E-state index contributed by atoms with van der Waals surface area (Å²) in [6.07, 6.45) is 0. The smallest absolute Gasteiger partial charge is 0.136 e. The monoisotopic (exact) mass is 535 g/mol. The molecular formula is C40H24O. The van der Waals surface area contributed by atoms with Crippen LogP contribution in [0.3, 0.4) is 0 Å². The van der Waals surface area contributed by atoms with Gasteiger partial charge in [0.05, 0.1) is 20.6 Å². The second-order valence-electron chi connectivity index (χ2n) is 9.72. The predicted molar refractivity (Wildman–Crippen MR) is 175 cm³/mol. The van der Waals surface area contributed by atoms with Gasteiger partial charge < -0.3 is 4.42 Å². The maximum Gasteiger partial charge on any atom is 0.136 e. The van der Waals surface area contributed by atoms with Crippen LogP contribution in [0.1, 0.15) is 20.6 Å². The standard InChI is InChI=1S/C40H24O/c1-2-11-27-23-28(18-17-25(27)9-1)38-31-13-5-7-15-33(31)39(34-16-8-6-14-32(34)38)29-19-21-35-37(24-29)41-36-22-20-26-10-3-4-12-30(26)40(35)36/h1-24H/i1D,2D,5D,6D,7D,8D,9D,11D,13D,14D,15D,16D,17D,18D,23D. The molecule has 0 saturated heterocycles. The van der Waals surface area contributed by atoms with Gasteiger partial charge >= 0.3 is 0 Å². The van der Waals surface area contributed by atoms with Gasteiger partial charge in [-0.15, -0.1) is 0 Å². The number of hydrogen-bond donors (Lipinski definition) is 0. The molecule has 0 unspecified atom stereocenters. The number of rotatable bonds is 2. The van der Waals surface area contributed by atoms with Gasteiger partial charge in [0.15, 0.2) is 0 Å². The van der Waals surface area contributed by atoms with Gasteiger partial charge in [0.2, 0.25) is 0 Å². The molecule has 0 fully saturated rings. The molecule has 1 aromatic heterocycles. The van der Waals surface area contributed by atoms with Gasteiger partial charge in [-0.25, -0.2) is 0 Å². The van der Waals surface area contributed by atoms with E-state index < -0.39 is 107 Å². The van der Waals surface area contributed by atoms with Gasteiger partial charge in [0.25, 0.3) is 0 Å². The summed E-state index contributed by atoms with van der Waals surface area (Å²) in [5.41, 5.74) is 0.400. The summed E-state index contributed by atoms with van der Waals surface area (Å²) < 4.78 is 139. The first kappa shape index (κ1) is 12.4. The van der Waals surface area contributed by atoms with E-state index in [1.54, 1.807) is 18.2 Å². The third-order valence-electron chi connectivity index (χ3n) is 7.53. The van der Waals surface area contributed by atoms with Crippen molar-refractivity contribution in [3.05, 3.63) is 145 Å². The maximum atomic E-state index is 9.38. The summed E-state index contributed by atoms with van der Waals surface area (Å²) in [6, 6.07) is 6.62. The van der Waals surface area contributed by atoms with Crippen molar-refractivity contribution in [1.29, 1.82) is 0 Å². The molecule has 1 heteroatoms. The lowest BCUT2D eigenvalue weighted by molar-refractivity contribution is 0.669. The van der Waals surface area contributed by atoms with E-state index in [9.17, 15) is 8.22 Å². The van der Waals surface area contributed by atoms with Crippen molar-refractivity contribution in [2.45, 2.75) is 0 Å². The van der Waals surface area contributed by atoms with Crippen molar-refractivity contribution in [2.75, 3.05) is 0 Å². The highest BCUT2D eigenvalue weighted by molar-refractivity contribution is 6.23. The Morgan fingerprint density at radius 3 is 1.85 bits per heavy atom. The second-order valence-corrected chi connectivity index (χ2v) is 9.72. The highest BCUT2D eigenvalue weighted by Crippen LogP contribution is 2.45. The average Bonchev–Trinajstić information content (AvgIpc) is 3.58. The molecule has 0 radical (unpaired) electrons. The fraction of sp³-hybridized carbons (Fsp3) is 0. The van der Waals surface area contributed by atoms with Crippen LogP contribution < -0.4 is 0 Å². The number of fused-ring (bicyclic) bond motifs is 8. The summed E-state index contributed by atoms with van der Waals surface area (Å²) in [6.45, 7) is 0. The van der Waals surface area contributed by atoms with Crippen molar-refractivity contribution in [1.82, 2.24) is 0 Å². The van der Waals surface area contributed by atoms with Crippen molar-refractivity contribution < 1.29 is 25.0 Å². The minimum Gasteiger partial charge on any atom is -0.456 e. The third-order valence-corrected chi connectivity index (χ3v) is 7.53. The zero-order chi connectivity index (χ0) is 40.0. The van der Waals surface area contributed by atoms with E-state index in [-0.39, 0.29) is 38.2 Å². The summed E-state index contributed by atoms with van der Waals surface area (Å²) in [5, 5.41) is 1.66. The summed E-state index contributed by atoms with van der Waals surface area (Å²) in [5.74, 6) is 0. The minimum atomic E-state index is -0.737. The van der Waals surface area contributed by atoms with Crippen LogP contribution in [0.25, 0.3) is 87.3 Å². The molecule has 1 heterocycles. The topological polar surface area (TPSA) is 13.1 Å². The Morgan fingerprint density at radius 1 is 0.439 bits per heavy atom. The maximum absolute atomic E-state index is 9.38. The molecule has 41 heavy (non-hydrogen) atoms. The van der Waals surface area contributed by atoms with Gasteiger partial charge in [-0.2, -0.15) is 0 Å². The molecule has 0 aliphatic rings. The fourth-order valence-electron chi connectivity index (χ4n) is 5.77. The van der Waals surface area contributed by atoms with Crippen molar-refractivity contribution in [3.63, 3.8) is 0 Å². The molecule has 0 aliphatic heterocycles. The molecule has 9 aromatic rings. The number of hydrogen-bond acceptors (Lipinski definition) is 1. The van der Waals surface area contributed by atoms with Crippen LogP contribution in [0.4, 0.5) is 0 Å². The van der Waals surface area contributed by atoms with E-state index in [4.69, 9.17) is 16.8 Å². The number of furan rings is 1. The van der Waals surface area contributed by atoms with Crippen molar-refractivity contribution >= 4 is 65.0 Å². The van der Waals surface area contributed by atoms with Crippen LogP contribution in [0, 0.1) is 0 Å². The molecule has 1 nitrogen and oxygen atoms in total. The first-order chi connectivity index (χ1) is 26.6. The van der Waals surface area contributed by atoms with Crippen molar-refractivity contribution in [3.8, 4) is 22.3 Å². The molecule has 0 aliphatic carbocycles. The molecular weight excluding hydrogens is 496 g/mol. The highest BCUT2D eigenvalue weighted by atomic mass is 16.3. The largest absolute Gasteiger partial charge is 0.456 e. The summed E-state index contributed by atoms with van der Waals surface area (Å²) in [4.78, 5) is 0. The van der Waals surface area contributed by atoms with Gasteiger partial charge in [-0.1, -0.05) is 121 Å². The molecule has 0 spiro atoms. The predicted octanol–water partition coefficient (Wildman–Crippen LogP) is 11.5. The van der Waals surface area contributed by atoms with Gasteiger partial charge in [0, 0.05) is 10.8 Å². The van der Waals surface area contributed by atoms with Crippen LogP contribution in [0.5, 0.6) is 0 Å². The molecule has 0 amide bonds. The normalized spacial score (nSPS) is 17.0. The third kappa shape index (κ3) is 3.30. The quantitative estimate of drug-likeness (QED) is 0.201. The van der Waals surface area contributed by atoms with Gasteiger partial charge in [0.1, 0.15) is 11.2 Å². The molecule has 0 atom stereocenters. The molecule has 9 rings (SSSR count). The zero-order valence-electron chi connectivity index (χ0n) is 36.1. The van der Waals surface area contributed by atoms with Crippen LogP contribution in [-0.4, -0.2) is 0 Å². The van der Waals surface area contributed by atoms with Crippen LogP contribution in [-0.2, 0) is 0 Å². The Balaban J connectivity index is 1.55. The Morgan fingerprint density at radius 2 is 1.10 bits per heavy atom. The minimum absolute atomic E-state index is 0.0110. The Labute approximate surface area is 258 Å². The van der Waals surface area contributed by atoms with E-state index >= 15 is 0 Å². The molecule has 190 valence electrons. The van der Waals surface area contributed by atoms with E-state index in [1.165, 1.54) is 0 Å². The van der Waals surface area contributed by atoms with Gasteiger partial charge in [-0.3, -0.25) is 0 Å².